The lowest BCUT2D eigenvalue weighted by atomic mass is 10.0. The number of esters is 2. The molecule has 0 heterocycles. The van der Waals surface area contributed by atoms with Crippen LogP contribution in [0, 0.1) is 0 Å². The van der Waals surface area contributed by atoms with E-state index in [2.05, 4.69) is 38.2 Å². The van der Waals surface area contributed by atoms with Gasteiger partial charge in [-0.25, -0.2) is 4.57 Å². The van der Waals surface area contributed by atoms with Gasteiger partial charge >= 0.3 is 19.8 Å². The van der Waals surface area contributed by atoms with Crippen LogP contribution < -0.4 is 0 Å². The van der Waals surface area contributed by atoms with Crippen molar-refractivity contribution < 1.29 is 42.1 Å². The Balaban J connectivity index is 4.31. The average Bonchev–Trinajstić information content (AvgIpc) is 3.16. The summed E-state index contributed by atoms with van der Waals surface area (Å²) in [5.41, 5.74) is 0. The Hall–Kier alpha value is -1.51. The summed E-state index contributed by atoms with van der Waals surface area (Å²) >= 11 is 0. The predicted molar refractivity (Wildman–Crippen MR) is 238 cm³/mol. The third kappa shape index (κ3) is 43.9. The third-order valence-corrected chi connectivity index (χ3v) is 11.2. The van der Waals surface area contributed by atoms with Gasteiger partial charge < -0.3 is 18.9 Å². The van der Waals surface area contributed by atoms with Crippen LogP contribution in [0.1, 0.15) is 213 Å². The topological polar surface area (TPSA) is 108 Å². The molecule has 0 aliphatic heterocycles. The van der Waals surface area contributed by atoms with Crippen LogP contribution in [0.5, 0.6) is 0 Å². The van der Waals surface area contributed by atoms with Gasteiger partial charge in [-0.2, -0.15) is 0 Å². The highest BCUT2D eigenvalue weighted by molar-refractivity contribution is 7.47. The van der Waals surface area contributed by atoms with Gasteiger partial charge in [-0.1, -0.05) is 186 Å². The SMILES string of the molecule is CCCCCC/C=C/C=C/CCCCCCCC(=O)OC[C@H](COP(=O)(O)OCC[N+](C)(C)C)OC(=O)CCCCCCCCCCCCCCCCCCCC. The fraction of sp³-hybridized carbons (Fsp3) is 0.872. The van der Waals surface area contributed by atoms with Crippen molar-refractivity contribution in [3.8, 4) is 0 Å². The molecule has 0 aromatic carbocycles. The van der Waals surface area contributed by atoms with Crippen molar-refractivity contribution in [2.45, 2.75) is 219 Å². The largest absolute Gasteiger partial charge is 0.472 e. The first kappa shape index (κ1) is 55.5. The summed E-state index contributed by atoms with van der Waals surface area (Å²) in [6.45, 7) is 4.41. The first-order chi connectivity index (χ1) is 27.5. The lowest BCUT2D eigenvalue weighted by molar-refractivity contribution is -0.870. The van der Waals surface area contributed by atoms with E-state index in [1.54, 1.807) is 0 Å². The maximum absolute atomic E-state index is 12.7. The first-order valence-electron chi connectivity index (χ1n) is 23.6. The highest BCUT2D eigenvalue weighted by Crippen LogP contribution is 2.43. The van der Waals surface area contributed by atoms with Gasteiger partial charge in [0.15, 0.2) is 6.10 Å². The summed E-state index contributed by atoms with van der Waals surface area (Å²) in [6.07, 6.45) is 43.6. The standard InChI is InChI=1S/C47H90NO8P/c1-6-8-10-12-14-16-18-20-22-23-24-26-28-30-32-34-36-38-40-47(50)56-45(44-55-57(51,52)54-42-41-48(3,4)5)43-53-46(49)39-37-35-33-31-29-27-25-21-19-17-15-13-11-9-7-2/h17,19,21,25,45H,6-16,18,20,22-24,26-44H2,1-5H3/p+1/b19-17+,25-21+/t45-/m1/s1. The average molecular weight is 829 g/mol. The summed E-state index contributed by atoms with van der Waals surface area (Å²) in [7, 11) is 1.48. The number of unbranched alkanes of at least 4 members (excludes halogenated alkanes) is 26. The zero-order valence-electron chi connectivity index (χ0n) is 37.8. The first-order valence-corrected chi connectivity index (χ1v) is 25.1. The van der Waals surface area contributed by atoms with E-state index >= 15 is 0 Å². The molecule has 2 atom stereocenters. The number of phosphoric ester groups is 1. The molecule has 0 fully saturated rings. The molecule has 0 saturated carbocycles. The molecular formula is C47H91NO8P+. The van der Waals surface area contributed by atoms with Gasteiger partial charge in [-0.15, -0.1) is 0 Å². The van der Waals surface area contributed by atoms with Crippen LogP contribution >= 0.6 is 7.82 Å². The molecule has 1 N–H and O–H groups in total. The molecular weight excluding hydrogens is 737 g/mol. The van der Waals surface area contributed by atoms with Gasteiger partial charge in [0, 0.05) is 12.8 Å². The molecule has 1 unspecified atom stereocenters. The van der Waals surface area contributed by atoms with E-state index in [9.17, 15) is 19.0 Å². The Morgan fingerprint density at radius 2 is 0.930 bits per heavy atom. The number of hydrogen-bond acceptors (Lipinski definition) is 7. The van der Waals surface area contributed by atoms with Gasteiger partial charge in [0.1, 0.15) is 19.8 Å². The van der Waals surface area contributed by atoms with Gasteiger partial charge in [0.05, 0.1) is 27.7 Å². The van der Waals surface area contributed by atoms with Gasteiger partial charge in [-0.3, -0.25) is 18.6 Å². The van der Waals surface area contributed by atoms with E-state index in [0.29, 0.717) is 17.4 Å². The zero-order chi connectivity index (χ0) is 42.1. The zero-order valence-corrected chi connectivity index (χ0v) is 38.7. The maximum Gasteiger partial charge on any atom is 0.472 e. The summed E-state index contributed by atoms with van der Waals surface area (Å²) in [4.78, 5) is 35.4. The number of rotatable bonds is 43. The van der Waals surface area contributed by atoms with Crippen molar-refractivity contribution in [1.29, 1.82) is 0 Å². The highest BCUT2D eigenvalue weighted by atomic mass is 31.2. The Morgan fingerprint density at radius 3 is 1.37 bits per heavy atom. The Morgan fingerprint density at radius 1 is 0.544 bits per heavy atom. The molecule has 0 rings (SSSR count). The minimum Gasteiger partial charge on any atom is -0.462 e. The van der Waals surface area contributed by atoms with Crippen molar-refractivity contribution >= 4 is 19.8 Å². The number of quaternary nitrogens is 1. The number of hydrogen-bond donors (Lipinski definition) is 1. The van der Waals surface area contributed by atoms with E-state index in [1.807, 2.05) is 21.1 Å². The molecule has 0 aromatic rings. The predicted octanol–water partition coefficient (Wildman–Crippen LogP) is 13.5. The lowest BCUT2D eigenvalue weighted by Crippen LogP contribution is -2.37. The Kier molecular flexibility index (Phi) is 38.9. The minimum atomic E-state index is -4.38. The number of ether oxygens (including phenoxy) is 2. The summed E-state index contributed by atoms with van der Waals surface area (Å²) in [5, 5.41) is 0. The van der Waals surface area contributed by atoms with Crippen LogP contribution in [-0.4, -0.2) is 74.9 Å². The van der Waals surface area contributed by atoms with E-state index in [1.165, 1.54) is 122 Å². The molecule has 9 nitrogen and oxygen atoms in total. The molecule has 10 heteroatoms. The van der Waals surface area contributed by atoms with Crippen molar-refractivity contribution in [1.82, 2.24) is 0 Å². The second-order valence-corrected chi connectivity index (χ2v) is 18.6. The molecule has 0 radical (unpaired) electrons. The molecule has 0 spiro atoms. The minimum absolute atomic E-state index is 0.0311. The molecule has 0 aliphatic rings. The highest BCUT2D eigenvalue weighted by Gasteiger charge is 2.27. The van der Waals surface area contributed by atoms with Crippen LogP contribution in [0.2, 0.25) is 0 Å². The lowest BCUT2D eigenvalue weighted by Gasteiger charge is -2.24. The van der Waals surface area contributed by atoms with Crippen molar-refractivity contribution in [2.24, 2.45) is 0 Å². The van der Waals surface area contributed by atoms with Crippen LogP contribution in [-0.2, 0) is 32.7 Å². The van der Waals surface area contributed by atoms with Gasteiger partial charge in [0.2, 0.25) is 0 Å². The van der Waals surface area contributed by atoms with Crippen LogP contribution in [0.25, 0.3) is 0 Å². The van der Waals surface area contributed by atoms with Crippen molar-refractivity contribution in [3.05, 3.63) is 24.3 Å². The van der Waals surface area contributed by atoms with E-state index in [-0.39, 0.29) is 32.0 Å². The van der Waals surface area contributed by atoms with Crippen molar-refractivity contribution in [2.75, 3.05) is 47.5 Å². The molecule has 0 bridgehead atoms. The fourth-order valence-electron chi connectivity index (χ4n) is 6.54. The number of carbonyl (C=O) groups excluding carboxylic acids is 2. The Labute approximate surface area is 351 Å². The molecule has 336 valence electrons. The van der Waals surface area contributed by atoms with Gasteiger partial charge in [-0.05, 0) is 38.5 Å². The number of likely N-dealkylation sites (N-methyl/N-ethyl adjacent to an activating group) is 1. The smallest absolute Gasteiger partial charge is 0.462 e. The second-order valence-electron chi connectivity index (χ2n) is 17.2. The molecule has 0 aliphatic carbocycles. The van der Waals surface area contributed by atoms with Crippen LogP contribution in [0.4, 0.5) is 0 Å². The maximum atomic E-state index is 12.7. The van der Waals surface area contributed by atoms with E-state index in [0.717, 1.165) is 57.8 Å². The van der Waals surface area contributed by atoms with E-state index in [4.69, 9.17) is 18.5 Å². The van der Waals surface area contributed by atoms with E-state index < -0.39 is 26.5 Å². The normalized spacial score (nSPS) is 13.7. The monoisotopic (exact) mass is 829 g/mol. The summed E-state index contributed by atoms with van der Waals surface area (Å²) < 4.78 is 34.4. The van der Waals surface area contributed by atoms with Crippen LogP contribution in [0.3, 0.4) is 0 Å². The third-order valence-electron chi connectivity index (χ3n) is 10.3. The quantitative estimate of drug-likeness (QED) is 0.0213. The molecule has 0 aromatic heterocycles. The molecule has 0 saturated heterocycles. The summed E-state index contributed by atoms with van der Waals surface area (Å²) in [5.74, 6) is -0.807. The number of allylic oxidation sites excluding steroid dienone is 4. The number of carbonyl (C=O) groups is 2. The molecule has 0 amide bonds. The molecule has 57 heavy (non-hydrogen) atoms. The fourth-order valence-corrected chi connectivity index (χ4v) is 7.28. The summed E-state index contributed by atoms with van der Waals surface area (Å²) in [6, 6.07) is 0. The van der Waals surface area contributed by atoms with Gasteiger partial charge in [0.25, 0.3) is 0 Å². The number of phosphoric acid groups is 1. The second kappa shape index (κ2) is 39.9. The van der Waals surface area contributed by atoms with Crippen LogP contribution in [0.15, 0.2) is 24.3 Å². The van der Waals surface area contributed by atoms with Crippen molar-refractivity contribution in [3.63, 3.8) is 0 Å². The Bertz CT molecular complexity index is 1030. The number of nitrogens with zero attached hydrogens (tertiary/aromatic N) is 1.